The van der Waals surface area contributed by atoms with Gasteiger partial charge in [0, 0.05) is 5.56 Å². The van der Waals surface area contributed by atoms with Crippen molar-refractivity contribution in [3.63, 3.8) is 0 Å². The van der Waals surface area contributed by atoms with E-state index in [0.29, 0.717) is 11.1 Å². The molecule has 2 amide bonds. The van der Waals surface area contributed by atoms with Gasteiger partial charge in [0.25, 0.3) is 5.91 Å². The van der Waals surface area contributed by atoms with Crippen molar-refractivity contribution >= 4 is 11.8 Å². The van der Waals surface area contributed by atoms with Crippen molar-refractivity contribution in [2.75, 3.05) is 6.54 Å². The Bertz CT molecular complexity index is 822. The Labute approximate surface area is 146 Å². The molecule has 0 radical (unpaired) electrons. The third-order valence-corrected chi connectivity index (χ3v) is 4.39. The number of aryl methyl sites for hydroxylation is 1. The van der Waals surface area contributed by atoms with Gasteiger partial charge in [0.05, 0.1) is 24.2 Å². The van der Waals surface area contributed by atoms with Crippen LogP contribution in [0.2, 0.25) is 0 Å². The summed E-state index contributed by atoms with van der Waals surface area (Å²) < 4.78 is 0. The van der Waals surface area contributed by atoms with Crippen molar-refractivity contribution in [3.05, 3.63) is 70.8 Å². The highest BCUT2D eigenvalue weighted by molar-refractivity contribution is 5.96. The zero-order chi connectivity index (χ0) is 17.6. The molecule has 1 atom stereocenters. The minimum absolute atomic E-state index is 0.00395. The quantitative estimate of drug-likeness (QED) is 0.902. The van der Waals surface area contributed by atoms with Crippen LogP contribution in [0.15, 0.2) is 48.5 Å². The monoisotopic (exact) mass is 333 g/mol. The largest absolute Gasteiger partial charge is 0.348 e. The fourth-order valence-corrected chi connectivity index (χ4v) is 3.11. The Hall–Kier alpha value is -3.13. The molecule has 0 spiro atoms. The topological polar surface area (TPSA) is 82.0 Å². The van der Waals surface area contributed by atoms with Crippen LogP contribution in [0.25, 0.3) is 0 Å². The van der Waals surface area contributed by atoms with Gasteiger partial charge in [-0.2, -0.15) is 5.26 Å². The molecule has 25 heavy (non-hydrogen) atoms. The second-order valence-electron chi connectivity index (χ2n) is 6.08. The maximum atomic E-state index is 12.2. The van der Waals surface area contributed by atoms with E-state index in [1.807, 2.05) is 18.2 Å². The lowest BCUT2D eigenvalue weighted by Gasteiger charge is -2.26. The Kier molecular flexibility index (Phi) is 5.10. The van der Waals surface area contributed by atoms with Gasteiger partial charge in [-0.3, -0.25) is 9.59 Å². The second kappa shape index (κ2) is 7.63. The van der Waals surface area contributed by atoms with Crippen LogP contribution in [0, 0.1) is 11.3 Å². The van der Waals surface area contributed by atoms with Gasteiger partial charge in [-0.1, -0.05) is 24.3 Å². The van der Waals surface area contributed by atoms with Gasteiger partial charge >= 0.3 is 0 Å². The number of carbonyl (C=O) groups excluding carboxylic acids is 2. The number of nitrogens with one attached hydrogen (secondary N) is 2. The first-order chi connectivity index (χ1) is 12.2. The maximum Gasteiger partial charge on any atom is 0.251 e. The van der Waals surface area contributed by atoms with E-state index in [1.54, 1.807) is 24.3 Å². The van der Waals surface area contributed by atoms with Crippen LogP contribution in [0.5, 0.6) is 0 Å². The molecule has 2 aromatic carbocycles. The average molecular weight is 333 g/mol. The van der Waals surface area contributed by atoms with Gasteiger partial charge in [-0.15, -0.1) is 0 Å². The Morgan fingerprint density at radius 1 is 1.12 bits per heavy atom. The molecule has 0 bridgehead atoms. The van der Waals surface area contributed by atoms with Gasteiger partial charge in [0.1, 0.15) is 0 Å². The Morgan fingerprint density at radius 2 is 1.88 bits per heavy atom. The molecule has 126 valence electrons. The highest BCUT2D eigenvalue weighted by atomic mass is 16.2. The lowest BCUT2D eigenvalue weighted by molar-refractivity contribution is -0.121. The second-order valence-corrected chi connectivity index (χ2v) is 6.08. The summed E-state index contributed by atoms with van der Waals surface area (Å²) in [4.78, 5) is 24.3. The van der Waals surface area contributed by atoms with E-state index in [9.17, 15) is 9.59 Å². The van der Waals surface area contributed by atoms with Gasteiger partial charge in [0.15, 0.2) is 0 Å². The zero-order valence-electron chi connectivity index (χ0n) is 13.8. The molecule has 1 aliphatic rings. The Morgan fingerprint density at radius 3 is 2.64 bits per heavy atom. The molecule has 5 heteroatoms. The fourth-order valence-electron chi connectivity index (χ4n) is 3.11. The van der Waals surface area contributed by atoms with E-state index >= 15 is 0 Å². The third kappa shape index (κ3) is 4.04. The predicted molar refractivity (Wildman–Crippen MR) is 93.8 cm³/mol. The highest BCUT2D eigenvalue weighted by Crippen LogP contribution is 2.29. The number of rotatable bonds is 4. The van der Waals surface area contributed by atoms with E-state index in [-0.39, 0.29) is 24.4 Å². The molecule has 0 aliphatic heterocycles. The van der Waals surface area contributed by atoms with Crippen molar-refractivity contribution in [1.82, 2.24) is 10.6 Å². The molecule has 0 aromatic heterocycles. The van der Waals surface area contributed by atoms with Crippen LogP contribution in [0.4, 0.5) is 0 Å². The van der Waals surface area contributed by atoms with Crippen LogP contribution in [0.1, 0.15) is 45.9 Å². The first kappa shape index (κ1) is 16.7. The van der Waals surface area contributed by atoms with Crippen LogP contribution in [-0.2, 0) is 11.2 Å². The summed E-state index contributed by atoms with van der Waals surface area (Å²) >= 11 is 0. The molecule has 2 N–H and O–H groups in total. The van der Waals surface area contributed by atoms with Crippen molar-refractivity contribution in [3.8, 4) is 6.07 Å². The van der Waals surface area contributed by atoms with E-state index < -0.39 is 0 Å². The Balaban J connectivity index is 1.55. The maximum absolute atomic E-state index is 12.2. The highest BCUT2D eigenvalue weighted by Gasteiger charge is 2.21. The molecule has 2 aromatic rings. The zero-order valence-corrected chi connectivity index (χ0v) is 13.8. The van der Waals surface area contributed by atoms with Gasteiger partial charge in [0.2, 0.25) is 5.91 Å². The molecular weight excluding hydrogens is 314 g/mol. The van der Waals surface area contributed by atoms with Crippen molar-refractivity contribution in [2.24, 2.45) is 0 Å². The summed E-state index contributed by atoms with van der Waals surface area (Å²) in [5.41, 5.74) is 3.36. The molecular formula is C20H19N3O2. The van der Waals surface area contributed by atoms with Crippen LogP contribution >= 0.6 is 0 Å². The van der Waals surface area contributed by atoms with Crippen molar-refractivity contribution < 1.29 is 9.59 Å². The van der Waals surface area contributed by atoms with Crippen LogP contribution in [-0.4, -0.2) is 18.4 Å². The van der Waals surface area contributed by atoms with E-state index in [4.69, 9.17) is 5.26 Å². The molecule has 0 fully saturated rings. The molecule has 0 saturated heterocycles. The molecule has 5 nitrogen and oxygen atoms in total. The molecule has 3 rings (SSSR count). The summed E-state index contributed by atoms with van der Waals surface area (Å²) in [5.74, 6) is -0.535. The molecule has 1 unspecified atom stereocenters. The SMILES string of the molecule is N#Cc1ccc(C(=O)NCC(=O)NC2CCCc3ccccc32)cc1. The lowest BCUT2D eigenvalue weighted by Crippen LogP contribution is -2.39. The molecule has 0 saturated carbocycles. The summed E-state index contributed by atoms with van der Waals surface area (Å²) in [6.45, 7) is -0.0719. The summed E-state index contributed by atoms with van der Waals surface area (Å²) in [6.07, 6.45) is 2.99. The third-order valence-electron chi connectivity index (χ3n) is 4.39. The number of hydrogen-bond donors (Lipinski definition) is 2. The van der Waals surface area contributed by atoms with Crippen molar-refractivity contribution in [2.45, 2.75) is 25.3 Å². The summed E-state index contributed by atoms with van der Waals surface area (Å²) in [6, 6.07) is 16.4. The minimum Gasteiger partial charge on any atom is -0.348 e. The number of hydrogen-bond acceptors (Lipinski definition) is 3. The number of carbonyl (C=O) groups is 2. The average Bonchev–Trinajstić information content (AvgIpc) is 2.66. The van der Waals surface area contributed by atoms with Crippen LogP contribution in [0.3, 0.4) is 0 Å². The summed E-state index contributed by atoms with van der Waals surface area (Å²) in [7, 11) is 0. The number of fused-ring (bicyclic) bond motifs is 1. The molecule has 1 aliphatic carbocycles. The standard InChI is InChI=1S/C20H19N3O2/c21-12-14-8-10-16(11-9-14)20(25)22-13-19(24)23-18-7-3-5-15-4-1-2-6-17(15)18/h1-2,4,6,8-11,18H,3,5,7,13H2,(H,22,25)(H,23,24). The first-order valence-corrected chi connectivity index (χ1v) is 8.33. The number of benzene rings is 2. The van der Waals surface area contributed by atoms with E-state index in [1.165, 1.54) is 11.1 Å². The van der Waals surface area contributed by atoms with Gasteiger partial charge < -0.3 is 10.6 Å². The smallest absolute Gasteiger partial charge is 0.251 e. The first-order valence-electron chi connectivity index (χ1n) is 8.33. The van der Waals surface area contributed by atoms with E-state index in [2.05, 4.69) is 22.8 Å². The van der Waals surface area contributed by atoms with Gasteiger partial charge in [-0.05, 0) is 54.7 Å². The van der Waals surface area contributed by atoms with Crippen LogP contribution < -0.4 is 10.6 Å². The molecule has 0 heterocycles. The van der Waals surface area contributed by atoms with Crippen molar-refractivity contribution in [1.29, 1.82) is 5.26 Å². The number of nitrogens with zero attached hydrogens (tertiary/aromatic N) is 1. The predicted octanol–water partition coefficient (Wildman–Crippen LogP) is 2.48. The minimum atomic E-state index is -0.330. The van der Waals surface area contributed by atoms with E-state index in [0.717, 1.165) is 19.3 Å². The summed E-state index contributed by atoms with van der Waals surface area (Å²) in [5, 5.41) is 14.4. The fraction of sp³-hybridized carbons (Fsp3) is 0.250. The number of nitriles is 1. The number of amides is 2. The normalized spacial score (nSPS) is 15.6. The lowest BCUT2D eigenvalue weighted by atomic mass is 9.88. The van der Waals surface area contributed by atoms with Gasteiger partial charge in [-0.25, -0.2) is 0 Å².